The molecule has 0 atom stereocenters. The van der Waals surface area contributed by atoms with Gasteiger partial charge < -0.3 is 5.73 Å². The quantitative estimate of drug-likeness (QED) is 0.652. The van der Waals surface area contributed by atoms with E-state index in [2.05, 4.69) is 21.9 Å². The fraction of sp³-hybridized carbons (Fsp3) is 0.333. The topological polar surface area (TPSA) is 26.0 Å². The number of halogens is 3. The van der Waals surface area contributed by atoms with Crippen molar-refractivity contribution >= 4 is 21.6 Å². The molecule has 0 aliphatic heterocycles. The van der Waals surface area contributed by atoms with Gasteiger partial charge in [-0.15, -0.1) is 6.42 Å². The Kier molecular flexibility index (Phi) is 3.59. The highest BCUT2D eigenvalue weighted by atomic mass is 79.9. The number of hydrogen-bond acceptors (Lipinski definition) is 1. The van der Waals surface area contributed by atoms with Crippen molar-refractivity contribution in [2.75, 3.05) is 5.73 Å². The molecule has 0 heterocycles. The van der Waals surface area contributed by atoms with Crippen LogP contribution in [0.4, 0.5) is 14.5 Å². The van der Waals surface area contributed by atoms with Gasteiger partial charge in [0.2, 0.25) is 0 Å². The number of benzene rings is 1. The van der Waals surface area contributed by atoms with E-state index >= 15 is 0 Å². The molecule has 0 radical (unpaired) electrons. The monoisotopic (exact) mass is 287 g/mol. The van der Waals surface area contributed by atoms with Crippen LogP contribution in [0.2, 0.25) is 0 Å². The Morgan fingerprint density at radius 2 is 2.12 bits per heavy atom. The Balaban J connectivity index is 3.64. The van der Waals surface area contributed by atoms with Gasteiger partial charge in [-0.25, -0.2) is 8.78 Å². The first kappa shape index (κ1) is 13.0. The van der Waals surface area contributed by atoms with Gasteiger partial charge >= 0.3 is 0 Å². The van der Waals surface area contributed by atoms with Crippen LogP contribution in [0.25, 0.3) is 0 Å². The van der Waals surface area contributed by atoms with Crippen LogP contribution in [0.15, 0.2) is 10.5 Å². The van der Waals surface area contributed by atoms with Crippen LogP contribution in [0.1, 0.15) is 30.5 Å². The van der Waals surface area contributed by atoms with Crippen LogP contribution in [-0.4, -0.2) is 0 Å². The standard InChI is InChI=1S/C12H12BrF2N/c1-4-7-6-9(13)10(12(3,14)15)8(5-2)11(7)16/h1,6H,5,16H2,2-3H3. The molecule has 0 aromatic heterocycles. The Morgan fingerprint density at radius 3 is 2.50 bits per heavy atom. The molecule has 0 aliphatic carbocycles. The zero-order valence-electron chi connectivity index (χ0n) is 9.07. The molecule has 86 valence electrons. The molecule has 1 nitrogen and oxygen atoms in total. The molecular formula is C12H12BrF2N. The summed E-state index contributed by atoms with van der Waals surface area (Å²) in [7, 11) is 0. The maximum absolute atomic E-state index is 13.4. The van der Waals surface area contributed by atoms with E-state index in [4.69, 9.17) is 12.2 Å². The van der Waals surface area contributed by atoms with Crippen LogP contribution >= 0.6 is 15.9 Å². The first-order chi connectivity index (χ1) is 7.32. The summed E-state index contributed by atoms with van der Waals surface area (Å²) >= 11 is 3.12. The van der Waals surface area contributed by atoms with Gasteiger partial charge in [0.1, 0.15) is 0 Å². The average Bonchev–Trinajstić information content (AvgIpc) is 2.18. The van der Waals surface area contributed by atoms with E-state index in [9.17, 15) is 8.78 Å². The van der Waals surface area contributed by atoms with E-state index in [1.807, 2.05) is 0 Å². The second-order valence-corrected chi connectivity index (χ2v) is 4.41. The lowest BCUT2D eigenvalue weighted by molar-refractivity contribution is 0.0159. The van der Waals surface area contributed by atoms with Gasteiger partial charge in [0.15, 0.2) is 0 Å². The molecule has 0 aliphatic rings. The molecule has 0 bridgehead atoms. The fourth-order valence-corrected chi connectivity index (χ4v) is 2.50. The summed E-state index contributed by atoms with van der Waals surface area (Å²) in [5.41, 5.74) is 6.82. The number of anilines is 1. The maximum atomic E-state index is 13.4. The summed E-state index contributed by atoms with van der Waals surface area (Å²) in [5.74, 6) is -0.550. The maximum Gasteiger partial charge on any atom is 0.271 e. The smallest absolute Gasteiger partial charge is 0.271 e. The van der Waals surface area contributed by atoms with Gasteiger partial charge in [-0.2, -0.15) is 0 Å². The molecule has 1 aromatic rings. The third kappa shape index (κ3) is 2.19. The van der Waals surface area contributed by atoms with E-state index in [-0.39, 0.29) is 11.3 Å². The van der Waals surface area contributed by atoms with Crippen molar-refractivity contribution < 1.29 is 8.78 Å². The number of terminal acetylenes is 1. The molecule has 4 heteroatoms. The lowest BCUT2D eigenvalue weighted by Crippen LogP contribution is -2.14. The molecule has 16 heavy (non-hydrogen) atoms. The summed E-state index contributed by atoms with van der Waals surface area (Å²) < 4.78 is 27.2. The van der Waals surface area contributed by atoms with Crippen LogP contribution in [0.5, 0.6) is 0 Å². The van der Waals surface area contributed by atoms with Crippen molar-refractivity contribution in [3.8, 4) is 12.3 Å². The normalized spacial score (nSPS) is 11.2. The van der Waals surface area contributed by atoms with Crippen molar-refractivity contribution in [3.05, 3.63) is 27.2 Å². The second-order valence-electron chi connectivity index (χ2n) is 3.56. The van der Waals surface area contributed by atoms with Crippen molar-refractivity contribution in [1.82, 2.24) is 0 Å². The minimum absolute atomic E-state index is 0.0773. The zero-order valence-corrected chi connectivity index (χ0v) is 10.7. The highest BCUT2D eigenvalue weighted by Crippen LogP contribution is 2.39. The Morgan fingerprint density at radius 1 is 1.56 bits per heavy atom. The van der Waals surface area contributed by atoms with Crippen LogP contribution in [0, 0.1) is 12.3 Å². The predicted molar refractivity (Wildman–Crippen MR) is 65.4 cm³/mol. The second kappa shape index (κ2) is 4.42. The van der Waals surface area contributed by atoms with Gasteiger partial charge in [0, 0.05) is 22.5 Å². The van der Waals surface area contributed by atoms with E-state index in [1.165, 1.54) is 6.07 Å². The molecule has 0 saturated carbocycles. The van der Waals surface area contributed by atoms with Gasteiger partial charge in [-0.1, -0.05) is 28.8 Å². The van der Waals surface area contributed by atoms with Crippen LogP contribution < -0.4 is 5.73 Å². The Hall–Kier alpha value is -1.08. The van der Waals surface area contributed by atoms with Gasteiger partial charge in [0.25, 0.3) is 5.92 Å². The zero-order chi connectivity index (χ0) is 12.5. The Labute approximate surface area is 102 Å². The highest BCUT2D eigenvalue weighted by molar-refractivity contribution is 9.10. The van der Waals surface area contributed by atoms with E-state index < -0.39 is 5.92 Å². The third-order valence-electron chi connectivity index (χ3n) is 2.37. The third-order valence-corrected chi connectivity index (χ3v) is 3.00. The summed E-state index contributed by atoms with van der Waals surface area (Å²) in [6.45, 7) is 2.62. The molecular weight excluding hydrogens is 276 g/mol. The Bertz CT molecular complexity index is 456. The molecule has 0 spiro atoms. The van der Waals surface area contributed by atoms with Crippen molar-refractivity contribution in [1.29, 1.82) is 0 Å². The largest absolute Gasteiger partial charge is 0.397 e. The van der Waals surface area contributed by atoms with Crippen molar-refractivity contribution in [2.24, 2.45) is 0 Å². The lowest BCUT2D eigenvalue weighted by atomic mass is 9.95. The minimum atomic E-state index is -2.94. The van der Waals surface area contributed by atoms with Gasteiger partial charge in [0.05, 0.1) is 5.69 Å². The first-order valence-corrected chi connectivity index (χ1v) is 5.58. The fourth-order valence-electron chi connectivity index (χ4n) is 1.68. The SMILES string of the molecule is C#Cc1cc(Br)c(C(C)(F)F)c(CC)c1N. The number of alkyl halides is 2. The molecule has 0 amide bonds. The summed E-state index contributed by atoms with van der Waals surface area (Å²) in [6.07, 6.45) is 5.68. The number of rotatable bonds is 2. The number of nitrogens with two attached hydrogens (primary N) is 1. The molecule has 2 N–H and O–H groups in total. The molecule has 1 aromatic carbocycles. The van der Waals surface area contributed by atoms with E-state index in [0.717, 1.165) is 6.92 Å². The lowest BCUT2D eigenvalue weighted by Gasteiger charge is -2.19. The van der Waals surface area contributed by atoms with Crippen molar-refractivity contribution in [2.45, 2.75) is 26.2 Å². The van der Waals surface area contributed by atoms with E-state index in [0.29, 0.717) is 22.0 Å². The highest BCUT2D eigenvalue weighted by Gasteiger charge is 2.31. The van der Waals surface area contributed by atoms with Crippen molar-refractivity contribution in [3.63, 3.8) is 0 Å². The number of nitrogen functional groups attached to an aromatic ring is 1. The summed E-state index contributed by atoms with van der Waals surface area (Å²) in [4.78, 5) is 0. The molecule has 0 fully saturated rings. The number of hydrogen-bond donors (Lipinski definition) is 1. The first-order valence-electron chi connectivity index (χ1n) is 4.78. The minimum Gasteiger partial charge on any atom is -0.397 e. The van der Waals surface area contributed by atoms with Crippen LogP contribution in [0.3, 0.4) is 0 Å². The van der Waals surface area contributed by atoms with Gasteiger partial charge in [-0.3, -0.25) is 0 Å². The van der Waals surface area contributed by atoms with Crippen LogP contribution in [-0.2, 0) is 12.3 Å². The average molecular weight is 288 g/mol. The molecule has 1 rings (SSSR count). The van der Waals surface area contributed by atoms with E-state index in [1.54, 1.807) is 6.92 Å². The van der Waals surface area contributed by atoms with Gasteiger partial charge in [-0.05, 0) is 18.1 Å². The summed E-state index contributed by atoms with van der Waals surface area (Å²) in [5, 5.41) is 0. The predicted octanol–water partition coefficient (Wildman–Crippen LogP) is 3.69. The molecule has 0 saturated heterocycles. The summed E-state index contributed by atoms with van der Waals surface area (Å²) in [6, 6.07) is 1.46. The molecule has 0 unspecified atom stereocenters.